The molecule has 0 saturated carbocycles. The second-order valence-corrected chi connectivity index (χ2v) is 7.80. The Hall–Kier alpha value is -3.47. The van der Waals surface area contributed by atoms with E-state index in [0.717, 1.165) is 59.3 Å². The molecule has 5 rings (SSSR count). The molecule has 5 nitrogen and oxygen atoms in total. The zero-order valence-electron chi connectivity index (χ0n) is 17.0. The highest BCUT2D eigenvalue weighted by atomic mass is 16.6. The Labute approximate surface area is 175 Å². The zero-order valence-corrected chi connectivity index (χ0v) is 17.0. The lowest BCUT2D eigenvalue weighted by molar-refractivity contribution is -0.129. The fourth-order valence-electron chi connectivity index (χ4n) is 4.08. The Morgan fingerprint density at radius 3 is 2.60 bits per heavy atom. The molecule has 1 fully saturated rings. The average Bonchev–Trinajstić information content (AvgIpc) is 3.15. The molecule has 0 amide bonds. The van der Waals surface area contributed by atoms with Gasteiger partial charge in [-0.15, -0.1) is 0 Å². The van der Waals surface area contributed by atoms with Crippen LogP contribution in [0.1, 0.15) is 36.0 Å². The molecule has 150 valence electrons. The number of pyridine rings is 1. The number of rotatable bonds is 3. The number of esters is 1. The molecule has 5 heteroatoms. The molecule has 3 aromatic rings. The van der Waals surface area contributed by atoms with Gasteiger partial charge in [0.25, 0.3) is 0 Å². The number of piperidine rings is 1. The van der Waals surface area contributed by atoms with Crippen molar-refractivity contribution in [3.8, 4) is 0 Å². The third-order valence-corrected chi connectivity index (χ3v) is 5.64. The molecule has 0 radical (unpaired) electrons. The van der Waals surface area contributed by atoms with Crippen LogP contribution in [0.3, 0.4) is 0 Å². The summed E-state index contributed by atoms with van der Waals surface area (Å²) in [6.45, 7) is 4.03. The number of aliphatic imine (C=N–C) groups is 1. The standard InChI is InChI=1S/C25H23N3O2/c1-17-9-8-12-19-15-20(23(27-22(17)19)28-13-6-3-7-14-28)16-21-25(29)30-24(26-21)18-10-4-2-5-11-18/h2,4-5,8-12,15-16H,3,6-7,13-14H2,1H3/b21-16+. The highest BCUT2D eigenvalue weighted by Crippen LogP contribution is 2.30. The van der Waals surface area contributed by atoms with Gasteiger partial charge in [0.05, 0.1) is 5.52 Å². The van der Waals surface area contributed by atoms with Crippen molar-refractivity contribution in [2.45, 2.75) is 26.2 Å². The molecular formula is C25H23N3O2. The van der Waals surface area contributed by atoms with Crippen LogP contribution in [0.25, 0.3) is 17.0 Å². The summed E-state index contributed by atoms with van der Waals surface area (Å²) >= 11 is 0. The van der Waals surface area contributed by atoms with E-state index >= 15 is 0 Å². The van der Waals surface area contributed by atoms with Crippen molar-refractivity contribution in [2.24, 2.45) is 4.99 Å². The molecule has 0 bridgehead atoms. The van der Waals surface area contributed by atoms with Gasteiger partial charge in [0.15, 0.2) is 5.70 Å². The Morgan fingerprint density at radius 2 is 1.80 bits per heavy atom. The summed E-state index contributed by atoms with van der Waals surface area (Å²) in [6, 6.07) is 17.8. The number of carbonyl (C=O) groups is 1. The first kappa shape index (κ1) is 18.6. The number of fused-ring (bicyclic) bond motifs is 1. The van der Waals surface area contributed by atoms with Gasteiger partial charge in [0, 0.05) is 29.6 Å². The molecule has 0 spiro atoms. The van der Waals surface area contributed by atoms with E-state index in [4.69, 9.17) is 9.72 Å². The maximum atomic E-state index is 12.5. The van der Waals surface area contributed by atoms with E-state index in [1.165, 1.54) is 6.42 Å². The summed E-state index contributed by atoms with van der Waals surface area (Å²) in [7, 11) is 0. The minimum Gasteiger partial charge on any atom is -0.402 e. The molecule has 0 atom stereocenters. The molecule has 0 unspecified atom stereocenters. The topological polar surface area (TPSA) is 54.8 Å². The van der Waals surface area contributed by atoms with E-state index in [0.29, 0.717) is 11.6 Å². The molecule has 1 saturated heterocycles. The first-order valence-corrected chi connectivity index (χ1v) is 10.4. The molecule has 2 aromatic carbocycles. The predicted octanol–water partition coefficient (Wildman–Crippen LogP) is 4.88. The summed E-state index contributed by atoms with van der Waals surface area (Å²) in [6.07, 6.45) is 5.37. The van der Waals surface area contributed by atoms with Crippen LogP contribution in [0.4, 0.5) is 5.82 Å². The lowest BCUT2D eigenvalue weighted by Crippen LogP contribution is -2.30. The average molecular weight is 397 g/mol. The normalized spacial score (nSPS) is 18.0. The van der Waals surface area contributed by atoms with Crippen LogP contribution in [-0.2, 0) is 9.53 Å². The van der Waals surface area contributed by atoms with Gasteiger partial charge in [-0.2, -0.15) is 0 Å². The maximum absolute atomic E-state index is 12.5. The zero-order chi connectivity index (χ0) is 20.5. The number of para-hydroxylation sites is 1. The number of benzene rings is 2. The van der Waals surface area contributed by atoms with Crippen LogP contribution in [0.2, 0.25) is 0 Å². The first-order chi connectivity index (χ1) is 14.7. The fourth-order valence-corrected chi connectivity index (χ4v) is 4.08. The lowest BCUT2D eigenvalue weighted by atomic mass is 10.1. The van der Waals surface area contributed by atoms with Gasteiger partial charge in [0.2, 0.25) is 5.90 Å². The highest BCUT2D eigenvalue weighted by Gasteiger charge is 2.25. The third-order valence-electron chi connectivity index (χ3n) is 5.64. The number of ether oxygens (including phenoxy) is 1. The van der Waals surface area contributed by atoms with Crippen molar-refractivity contribution < 1.29 is 9.53 Å². The first-order valence-electron chi connectivity index (χ1n) is 10.4. The quantitative estimate of drug-likeness (QED) is 0.467. The summed E-state index contributed by atoms with van der Waals surface area (Å²) < 4.78 is 5.43. The minimum atomic E-state index is -0.428. The van der Waals surface area contributed by atoms with E-state index in [-0.39, 0.29) is 0 Å². The molecular weight excluding hydrogens is 374 g/mol. The highest BCUT2D eigenvalue weighted by molar-refractivity contribution is 6.13. The summed E-state index contributed by atoms with van der Waals surface area (Å²) in [4.78, 5) is 24.4. The molecule has 2 aliphatic rings. The number of hydrogen-bond donors (Lipinski definition) is 0. The number of cyclic esters (lactones) is 1. The van der Waals surface area contributed by atoms with Crippen molar-refractivity contribution in [3.63, 3.8) is 0 Å². The largest absolute Gasteiger partial charge is 0.402 e. The number of carbonyl (C=O) groups excluding carboxylic acids is 1. The second-order valence-electron chi connectivity index (χ2n) is 7.80. The Bertz CT molecular complexity index is 1180. The predicted molar refractivity (Wildman–Crippen MR) is 120 cm³/mol. The number of anilines is 1. The van der Waals surface area contributed by atoms with Crippen LogP contribution in [0, 0.1) is 6.92 Å². The van der Waals surface area contributed by atoms with E-state index in [2.05, 4.69) is 35.0 Å². The summed E-state index contributed by atoms with van der Waals surface area (Å²) in [5.41, 5.74) is 4.15. The van der Waals surface area contributed by atoms with Gasteiger partial charge in [-0.25, -0.2) is 14.8 Å². The fraction of sp³-hybridized carbons (Fsp3) is 0.240. The molecule has 1 aromatic heterocycles. The lowest BCUT2D eigenvalue weighted by Gasteiger charge is -2.29. The van der Waals surface area contributed by atoms with Gasteiger partial charge in [-0.1, -0.05) is 36.4 Å². The van der Waals surface area contributed by atoms with E-state index < -0.39 is 5.97 Å². The number of hydrogen-bond acceptors (Lipinski definition) is 5. The third kappa shape index (κ3) is 3.47. The molecule has 0 N–H and O–H groups in total. The Kier molecular flexibility index (Phi) is 4.79. The SMILES string of the molecule is Cc1cccc2cc(/C=C3/N=C(c4ccccc4)OC3=O)c(N3CCCCC3)nc12. The number of aromatic nitrogens is 1. The maximum Gasteiger partial charge on any atom is 0.363 e. The van der Waals surface area contributed by atoms with Crippen molar-refractivity contribution in [2.75, 3.05) is 18.0 Å². The molecule has 2 aliphatic heterocycles. The number of aryl methyl sites for hydroxylation is 1. The summed E-state index contributed by atoms with van der Waals surface area (Å²) in [5, 5.41) is 1.06. The van der Waals surface area contributed by atoms with Crippen molar-refractivity contribution in [1.29, 1.82) is 0 Å². The van der Waals surface area contributed by atoms with Crippen LogP contribution in [-0.4, -0.2) is 29.9 Å². The van der Waals surface area contributed by atoms with Crippen molar-refractivity contribution in [1.82, 2.24) is 4.98 Å². The van der Waals surface area contributed by atoms with Gasteiger partial charge in [-0.3, -0.25) is 0 Å². The minimum absolute atomic E-state index is 0.306. The number of nitrogens with zero attached hydrogens (tertiary/aromatic N) is 3. The van der Waals surface area contributed by atoms with Gasteiger partial charge < -0.3 is 9.64 Å². The molecule has 3 heterocycles. The van der Waals surface area contributed by atoms with Crippen LogP contribution in [0.5, 0.6) is 0 Å². The summed E-state index contributed by atoms with van der Waals surface area (Å²) in [5.74, 6) is 0.832. The van der Waals surface area contributed by atoms with Crippen LogP contribution in [0.15, 0.2) is 65.3 Å². The van der Waals surface area contributed by atoms with Gasteiger partial charge >= 0.3 is 5.97 Å². The van der Waals surface area contributed by atoms with E-state index in [1.807, 2.05) is 42.5 Å². The van der Waals surface area contributed by atoms with Crippen LogP contribution < -0.4 is 4.90 Å². The smallest absolute Gasteiger partial charge is 0.363 e. The van der Waals surface area contributed by atoms with Crippen LogP contribution >= 0.6 is 0 Å². The molecule has 0 aliphatic carbocycles. The van der Waals surface area contributed by atoms with E-state index in [9.17, 15) is 4.79 Å². The van der Waals surface area contributed by atoms with E-state index in [1.54, 1.807) is 0 Å². The molecule has 30 heavy (non-hydrogen) atoms. The van der Waals surface area contributed by atoms with Crippen molar-refractivity contribution >= 4 is 34.7 Å². The van der Waals surface area contributed by atoms with Crippen molar-refractivity contribution in [3.05, 3.63) is 77.0 Å². The second kappa shape index (κ2) is 7.75. The monoisotopic (exact) mass is 397 g/mol. The van der Waals surface area contributed by atoms with Gasteiger partial charge in [-0.05, 0) is 56.0 Å². The Morgan fingerprint density at radius 1 is 1.00 bits per heavy atom. The Balaban J connectivity index is 1.62. The van der Waals surface area contributed by atoms with Gasteiger partial charge in [0.1, 0.15) is 5.82 Å².